The number of nitrogens with one attached hydrogen (secondary N) is 2. The monoisotopic (exact) mass is 379 g/mol. The van der Waals surface area contributed by atoms with Gasteiger partial charge in [-0.3, -0.25) is 4.79 Å². The zero-order valence-corrected chi connectivity index (χ0v) is 16.6. The summed E-state index contributed by atoms with van der Waals surface area (Å²) in [4.78, 5) is 12.4. The molecule has 0 saturated carbocycles. The maximum atomic E-state index is 12.4. The van der Waals surface area contributed by atoms with Crippen molar-refractivity contribution in [1.29, 1.82) is 5.26 Å². The van der Waals surface area contributed by atoms with Gasteiger partial charge in [-0.25, -0.2) is 0 Å². The molecule has 0 atom stereocenters. The summed E-state index contributed by atoms with van der Waals surface area (Å²) < 4.78 is 11.1. The van der Waals surface area contributed by atoms with Gasteiger partial charge in [0.2, 0.25) is 0 Å². The number of nitriles is 1. The molecule has 28 heavy (non-hydrogen) atoms. The lowest BCUT2D eigenvalue weighted by atomic mass is 10.1. The van der Waals surface area contributed by atoms with Gasteiger partial charge < -0.3 is 20.1 Å². The highest BCUT2D eigenvalue weighted by molar-refractivity contribution is 6.07. The Balaban J connectivity index is 2.15. The molecule has 6 nitrogen and oxygen atoms in total. The minimum Gasteiger partial charge on any atom is -0.490 e. The molecule has 0 spiro atoms. The van der Waals surface area contributed by atoms with Gasteiger partial charge in [-0.2, -0.15) is 5.26 Å². The number of nitrogens with zero attached hydrogens (tertiary/aromatic N) is 1. The summed E-state index contributed by atoms with van der Waals surface area (Å²) in [6.45, 7) is 8.71. The summed E-state index contributed by atoms with van der Waals surface area (Å²) in [5.41, 5.74) is 3.36. The Labute approximate surface area is 165 Å². The summed E-state index contributed by atoms with van der Waals surface area (Å²) in [7, 11) is 0. The number of carbonyl (C=O) groups excluding carboxylic acids is 1. The molecular weight excluding hydrogens is 354 g/mol. The molecule has 0 saturated heterocycles. The number of anilines is 2. The SMILES string of the molecule is CCOc1ccc(N/C=C(/C#N)C(=O)Nc2ccc(C)cc2C)cc1OCC. The van der Waals surface area contributed by atoms with Crippen molar-refractivity contribution in [3.8, 4) is 17.6 Å². The van der Waals surface area contributed by atoms with Gasteiger partial charge in [0, 0.05) is 23.6 Å². The van der Waals surface area contributed by atoms with E-state index >= 15 is 0 Å². The zero-order chi connectivity index (χ0) is 20.5. The number of benzene rings is 2. The van der Waals surface area contributed by atoms with E-state index in [0.29, 0.717) is 36.1 Å². The van der Waals surface area contributed by atoms with E-state index in [1.54, 1.807) is 18.2 Å². The van der Waals surface area contributed by atoms with Gasteiger partial charge in [-0.15, -0.1) is 0 Å². The van der Waals surface area contributed by atoms with Crippen molar-refractivity contribution < 1.29 is 14.3 Å². The first-order valence-electron chi connectivity index (χ1n) is 9.13. The Morgan fingerprint density at radius 3 is 2.43 bits per heavy atom. The van der Waals surface area contributed by atoms with Crippen LogP contribution in [0.15, 0.2) is 48.2 Å². The van der Waals surface area contributed by atoms with E-state index in [-0.39, 0.29) is 5.57 Å². The van der Waals surface area contributed by atoms with Crippen LogP contribution in [-0.4, -0.2) is 19.1 Å². The van der Waals surface area contributed by atoms with E-state index in [4.69, 9.17) is 9.47 Å². The van der Waals surface area contributed by atoms with Crippen molar-refractivity contribution in [2.75, 3.05) is 23.8 Å². The van der Waals surface area contributed by atoms with E-state index in [9.17, 15) is 10.1 Å². The predicted molar refractivity (Wildman–Crippen MR) is 111 cm³/mol. The topological polar surface area (TPSA) is 83.4 Å². The van der Waals surface area contributed by atoms with Crippen LogP contribution in [0.25, 0.3) is 0 Å². The minimum atomic E-state index is -0.474. The third-order valence-corrected chi connectivity index (χ3v) is 3.92. The van der Waals surface area contributed by atoms with Crippen molar-refractivity contribution in [2.45, 2.75) is 27.7 Å². The highest BCUT2D eigenvalue weighted by Crippen LogP contribution is 2.30. The quantitative estimate of drug-likeness (QED) is 0.519. The Kier molecular flexibility index (Phi) is 7.46. The van der Waals surface area contributed by atoms with Gasteiger partial charge in [0.05, 0.1) is 13.2 Å². The Hall–Kier alpha value is -3.46. The molecule has 2 rings (SSSR count). The maximum Gasteiger partial charge on any atom is 0.267 e. The van der Waals surface area contributed by atoms with Crippen LogP contribution in [-0.2, 0) is 4.79 Å². The molecule has 0 aliphatic rings. The molecule has 0 unspecified atom stereocenters. The fourth-order valence-corrected chi connectivity index (χ4v) is 2.59. The largest absolute Gasteiger partial charge is 0.490 e. The number of amides is 1. The molecule has 0 aliphatic carbocycles. The van der Waals surface area contributed by atoms with Crippen molar-refractivity contribution in [3.05, 3.63) is 59.3 Å². The van der Waals surface area contributed by atoms with Crippen molar-refractivity contribution in [2.24, 2.45) is 0 Å². The molecule has 2 aromatic carbocycles. The van der Waals surface area contributed by atoms with Gasteiger partial charge in [-0.05, 0) is 51.5 Å². The Morgan fingerprint density at radius 1 is 1.07 bits per heavy atom. The van der Waals surface area contributed by atoms with Gasteiger partial charge >= 0.3 is 0 Å². The summed E-state index contributed by atoms with van der Waals surface area (Å²) in [5, 5.41) is 15.1. The lowest BCUT2D eigenvalue weighted by Gasteiger charge is -2.12. The van der Waals surface area contributed by atoms with Gasteiger partial charge in [0.25, 0.3) is 5.91 Å². The summed E-state index contributed by atoms with van der Waals surface area (Å²) in [5.74, 6) is 0.769. The smallest absolute Gasteiger partial charge is 0.267 e. The molecule has 6 heteroatoms. The normalized spacial score (nSPS) is 10.8. The molecule has 0 radical (unpaired) electrons. The molecule has 0 heterocycles. The average Bonchev–Trinajstić information content (AvgIpc) is 2.67. The van der Waals surface area contributed by atoms with E-state index < -0.39 is 5.91 Å². The molecule has 0 bridgehead atoms. The second-order valence-electron chi connectivity index (χ2n) is 6.11. The van der Waals surface area contributed by atoms with Crippen molar-refractivity contribution in [1.82, 2.24) is 0 Å². The van der Waals surface area contributed by atoms with E-state index in [2.05, 4.69) is 10.6 Å². The number of ether oxygens (including phenoxy) is 2. The van der Waals surface area contributed by atoms with Crippen LogP contribution < -0.4 is 20.1 Å². The van der Waals surface area contributed by atoms with Crippen LogP contribution in [0.4, 0.5) is 11.4 Å². The van der Waals surface area contributed by atoms with Crippen LogP contribution in [0.1, 0.15) is 25.0 Å². The van der Waals surface area contributed by atoms with Crippen LogP contribution in [0.2, 0.25) is 0 Å². The average molecular weight is 379 g/mol. The van der Waals surface area contributed by atoms with Crippen molar-refractivity contribution in [3.63, 3.8) is 0 Å². The first kappa shape index (κ1) is 20.8. The van der Waals surface area contributed by atoms with E-state index in [1.165, 1.54) is 6.20 Å². The van der Waals surface area contributed by atoms with Crippen LogP contribution >= 0.6 is 0 Å². The fourth-order valence-electron chi connectivity index (χ4n) is 2.59. The first-order chi connectivity index (χ1) is 13.5. The lowest BCUT2D eigenvalue weighted by Crippen LogP contribution is -2.15. The third kappa shape index (κ3) is 5.52. The molecular formula is C22H25N3O3. The number of carbonyl (C=O) groups is 1. The first-order valence-corrected chi connectivity index (χ1v) is 9.13. The highest BCUT2D eigenvalue weighted by Gasteiger charge is 2.11. The summed E-state index contributed by atoms with van der Waals surface area (Å²) >= 11 is 0. The standard InChI is InChI=1S/C22H25N3O3/c1-5-27-20-10-8-18(12-21(20)28-6-2)24-14-17(13-23)22(26)25-19-9-7-15(3)11-16(19)4/h7-12,14,24H,5-6H2,1-4H3,(H,25,26)/b17-14-. The Bertz CT molecular complexity index is 914. The van der Waals surface area contributed by atoms with Gasteiger partial charge in [0.1, 0.15) is 11.6 Å². The molecule has 2 N–H and O–H groups in total. The molecule has 2 aromatic rings. The molecule has 146 valence electrons. The summed E-state index contributed by atoms with van der Waals surface area (Å²) in [6, 6.07) is 13.0. The van der Waals surface area contributed by atoms with Crippen LogP contribution in [0, 0.1) is 25.2 Å². The Morgan fingerprint density at radius 2 is 1.79 bits per heavy atom. The van der Waals surface area contributed by atoms with Crippen LogP contribution in [0.5, 0.6) is 11.5 Å². The number of aryl methyl sites for hydroxylation is 2. The highest BCUT2D eigenvalue weighted by atomic mass is 16.5. The lowest BCUT2D eigenvalue weighted by molar-refractivity contribution is -0.112. The molecule has 1 amide bonds. The van der Waals surface area contributed by atoms with E-state index in [1.807, 2.05) is 52.0 Å². The van der Waals surface area contributed by atoms with Gasteiger partial charge in [-0.1, -0.05) is 17.7 Å². The third-order valence-electron chi connectivity index (χ3n) is 3.92. The second-order valence-corrected chi connectivity index (χ2v) is 6.11. The maximum absolute atomic E-state index is 12.4. The van der Waals surface area contributed by atoms with Gasteiger partial charge in [0.15, 0.2) is 11.5 Å². The molecule has 0 aliphatic heterocycles. The van der Waals surface area contributed by atoms with Crippen LogP contribution in [0.3, 0.4) is 0 Å². The number of hydrogen-bond donors (Lipinski definition) is 2. The number of rotatable bonds is 8. The second kappa shape index (κ2) is 10.0. The van der Waals surface area contributed by atoms with Crippen molar-refractivity contribution >= 4 is 17.3 Å². The minimum absolute atomic E-state index is 0.0354. The summed E-state index contributed by atoms with van der Waals surface area (Å²) in [6.07, 6.45) is 1.38. The number of hydrogen-bond acceptors (Lipinski definition) is 5. The predicted octanol–water partition coefficient (Wildman–Crippen LogP) is 4.56. The molecule has 0 fully saturated rings. The zero-order valence-electron chi connectivity index (χ0n) is 16.6. The molecule has 0 aromatic heterocycles. The van der Waals surface area contributed by atoms with E-state index in [0.717, 1.165) is 11.1 Å². The fraction of sp³-hybridized carbons (Fsp3) is 0.273.